The maximum absolute atomic E-state index is 4.22. The third-order valence-corrected chi connectivity index (χ3v) is 3.80. The van der Waals surface area contributed by atoms with Crippen LogP contribution in [0.15, 0.2) is 30.3 Å². The highest BCUT2D eigenvalue weighted by Gasteiger charge is 1.99. The Labute approximate surface area is 94.4 Å². The highest BCUT2D eigenvalue weighted by Crippen LogP contribution is 2.26. The lowest BCUT2D eigenvalue weighted by atomic mass is 10.2. The molecule has 1 aromatic carbocycles. The van der Waals surface area contributed by atoms with Gasteiger partial charge in [0.2, 0.25) is 0 Å². The van der Waals surface area contributed by atoms with Crippen molar-refractivity contribution in [2.45, 2.75) is 19.3 Å². The van der Waals surface area contributed by atoms with Crippen molar-refractivity contribution in [2.24, 2.45) is 0 Å². The first-order valence-corrected chi connectivity index (χ1v) is 6.43. The van der Waals surface area contributed by atoms with Crippen molar-refractivity contribution in [1.29, 1.82) is 0 Å². The van der Waals surface area contributed by atoms with E-state index in [-0.39, 0.29) is 0 Å². The summed E-state index contributed by atoms with van der Waals surface area (Å²) in [5, 5.41) is 1.39. The molecule has 0 fully saturated rings. The van der Waals surface area contributed by atoms with Gasteiger partial charge in [-0.3, -0.25) is 0 Å². The average molecular weight is 222 g/mol. The number of rotatable bonds is 4. The summed E-state index contributed by atoms with van der Waals surface area (Å²) in [5.41, 5.74) is 0. The van der Waals surface area contributed by atoms with E-state index in [1.165, 1.54) is 34.2 Å². The number of thiophene rings is 1. The van der Waals surface area contributed by atoms with Crippen LogP contribution in [0.3, 0.4) is 0 Å². The molecule has 0 saturated heterocycles. The molecule has 0 aliphatic carbocycles. The number of hydrogen-bond acceptors (Lipinski definition) is 2. The first-order valence-electron chi connectivity index (χ1n) is 4.98. The molecule has 0 aliphatic heterocycles. The molecule has 0 nitrogen and oxygen atoms in total. The fraction of sp³-hybridized carbons (Fsp3) is 0.333. The van der Waals surface area contributed by atoms with Crippen molar-refractivity contribution >= 4 is 34.1 Å². The molecule has 1 heterocycles. The fourth-order valence-electron chi connectivity index (χ4n) is 1.57. The number of aryl methyl sites for hydroxylation is 1. The molecule has 0 atom stereocenters. The number of thiol groups is 1. The Morgan fingerprint density at radius 3 is 2.79 bits per heavy atom. The third kappa shape index (κ3) is 2.31. The quantitative estimate of drug-likeness (QED) is 0.583. The summed E-state index contributed by atoms with van der Waals surface area (Å²) in [6, 6.07) is 10.9. The minimum absolute atomic E-state index is 1.00. The van der Waals surface area contributed by atoms with Gasteiger partial charge in [0.25, 0.3) is 0 Å². The van der Waals surface area contributed by atoms with Gasteiger partial charge in [-0.05, 0) is 42.5 Å². The lowest BCUT2D eigenvalue weighted by Crippen LogP contribution is -1.81. The second-order valence-electron chi connectivity index (χ2n) is 3.43. The van der Waals surface area contributed by atoms with E-state index in [4.69, 9.17) is 0 Å². The van der Waals surface area contributed by atoms with Crippen molar-refractivity contribution in [3.63, 3.8) is 0 Å². The topological polar surface area (TPSA) is 0 Å². The first-order chi connectivity index (χ1) is 6.90. The molecule has 1 aromatic heterocycles. The van der Waals surface area contributed by atoms with Gasteiger partial charge in [0, 0.05) is 9.58 Å². The molecule has 2 rings (SSSR count). The zero-order valence-corrected chi connectivity index (χ0v) is 9.78. The van der Waals surface area contributed by atoms with Gasteiger partial charge in [0.15, 0.2) is 0 Å². The van der Waals surface area contributed by atoms with E-state index in [9.17, 15) is 0 Å². The smallest absolute Gasteiger partial charge is 0.0345 e. The minimum Gasteiger partial charge on any atom is -0.179 e. The Balaban J connectivity index is 2.11. The first kappa shape index (κ1) is 10.1. The minimum atomic E-state index is 1.00. The zero-order chi connectivity index (χ0) is 9.80. The molecule has 0 aliphatic rings. The van der Waals surface area contributed by atoms with Crippen LogP contribution >= 0.6 is 24.0 Å². The Morgan fingerprint density at radius 2 is 2.00 bits per heavy atom. The zero-order valence-electron chi connectivity index (χ0n) is 8.07. The van der Waals surface area contributed by atoms with E-state index in [0.29, 0.717) is 0 Å². The van der Waals surface area contributed by atoms with Gasteiger partial charge < -0.3 is 0 Å². The van der Waals surface area contributed by atoms with Crippen LogP contribution in [0.25, 0.3) is 10.1 Å². The lowest BCUT2D eigenvalue weighted by Gasteiger charge is -1.93. The van der Waals surface area contributed by atoms with Gasteiger partial charge in [0.1, 0.15) is 0 Å². The second kappa shape index (κ2) is 4.85. The van der Waals surface area contributed by atoms with Crippen LogP contribution in [0.1, 0.15) is 17.7 Å². The summed E-state index contributed by atoms with van der Waals surface area (Å²) in [7, 11) is 0. The van der Waals surface area contributed by atoms with Crippen molar-refractivity contribution in [3.05, 3.63) is 35.2 Å². The van der Waals surface area contributed by atoms with E-state index >= 15 is 0 Å². The van der Waals surface area contributed by atoms with Gasteiger partial charge in [-0.1, -0.05) is 18.2 Å². The number of unbranched alkanes of at least 4 members (excludes halogenated alkanes) is 1. The third-order valence-electron chi connectivity index (χ3n) is 2.31. The van der Waals surface area contributed by atoms with Crippen LogP contribution in [0.2, 0.25) is 0 Å². The number of hydrogen-bond donors (Lipinski definition) is 1. The molecule has 0 N–H and O–H groups in total. The summed E-state index contributed by atoms with van der Waals surface area (Å²) in [6.07, 6.45) is 3.69. The molecule has 0 radical (unpaired) electrons. The predicted molar refractivity (Wildman–Crippen MR) is 68.6 cm³/mol. The van der Waals surface area contributed by atoms with E-state index in [2.05, 4.69) is 43.0 Å². The highest BCUT2D eigenvalue weighted by atomic mass is 32.1. The summed E-state index contributed by atoms with van der Waals surface area (Å²) in [4.78, 5) is 1.51. The summed E-state index contributed by atoms with van der Waals surface area (Å²) >= 11 is 6.14. The Hall–Kier alpha value is -0.470. The van der Waals surface area contributed by atoms with Crippen LogP contribution in [0.4, 0.5) is 0 Å². The van der Waals surface area contributed by atoms with Gasteiger partial charge in [-0.25, -0.2) is 0 Å². The van der Waals surface area contributed by atoms with Crippen LogP contribution in [-0.4, -0.2) is 5.75 Å². The fourth-order valence-corrected chi connectivity index (χ4v) is 2.90. The van der Waals surface area contributed by atoms with E-state index in [0.717, 1.165) is 5.75 Å². The second-order valence-corrected chi connectivity index (χ2v) is 5.05. The summed E-state index contributed by atoms with van der Waals surface area (Å²) in [6.45, 7) is 0. The average Bonchev–Trinajstić information content (AvgIpc) is 2.60. The normalized spacial score (nSPS) is 10.9. The molecule has 0 amide bonds. The van der Waals surface area contributed by atoms with Crippen molar-refractivity contribution in [1.82, 2.24) is 0 Å². The van der Waals surface area contributed by atoms with E-state index < -0.39 is 0 Å². The molecule has 74 valence electrons. The Morgan fingerprint density at radius 1 is 1.14 bits per heavy atom. The van der Waals surface area contributed by atoms with Crippen LogP contribution in [-0.2, 0) is 6.42 Å². The summed E-state index contributed by atoms with van der Waals surface area (Å²) in [5.74, 6) is 1.00. The summed E-state index contributed by atoms with van der Waals surface area (Å²) < 4.78 is 1.41. The molecule has 2 heteroatoms. The van der Waals surface area contributed by atoms with Gasteiger partial charge >= 0.3 is 0 Å². The van der Waals surface area contributed by atoms with Crippen molar-refractivity contribution in [2.75, 3.05) is 5.75 Å². The molecule has 0 saturated carbocycles. The van der Waals surface area contributed by atoms with Crippen LogP contribution in [0.5, 0.6) is 0 Å². The Kier molecular flexibility index (Phi) is 3.49. The van der Waals surface area contributed by atoms with E-state index in [1.54, 1.807) is 0 Å². The van der Waals surface area contributed by atoms with Gasteiger partial charge in [-0.2, -0.15) is 12.6 Å². The molecule has 0 unspecified atom stereocenters. The lowest BCUT2D eigenvalue weighted by molar-refractivity contribution is 0.814. The monoisotopic (exact) mass is 222 g/mol. The van der Waals surface area contributed by atoms with Crippen LogP contribution < -0.4 is 0 Å². The molecule has 14 heavy (non-hydrogen) atoms. The molecule has 0 bridgehead atoms. The molecule has 2 aromatic rings. The SMILES string of the molecule is SCCCCc1cc2ccccc2s1. The highest BCUT2D eigenvalue weighted by molar-refractivity contribution is 7.80. The van der Waals surface area contributed by atoms with E-state index in [1.807, 2.05) is 11.3 Å². The number of fused-ring (bicyclic) bond motifs is 1. The van der Waals surface area contributed by atoms with Crippen molar-refractivity contribution in [3.8, 4) is 0 Å². The molecule has 0 spiro atoms. The largest absolute Gasteiger partial charge is 0.179 e. The van der Waals surface area contributed by atoms with Gasteiger partial charge in [0.05, 0.1) is 0 Å². The van der Waals surface area contributed by atoms with Gasteiger partial charge in [-0.15, -0.1) is 11.3 Å². The standard InChI is InChI=1S/C12H14S2/c13-8-4-3-6-11-9-10-5-1-2-7-12(10)14-11/h1-2,5,7,9,13H,3-4,6,8H2. The molecular weight excluding hydrogens is 208 g/mol. The molecular formula is C12H14S2. The number of benzene rings is 1. The maximum Gasteiger partial charge on any atom is 0.0345 e. The maximum atomic E-state index is 4.22. The predicted octanol–water partition coefficient (Wildman–Crippen LogP) is 4.15. The van der Waals surface area contributed by atoms with Crippen LogP contribution in [0, 0.1) is 0 Å². The van der Waals surface area contributed by atoms with Crippen molar-refractivity contribution < 1.29 is 0 Å². The Bertz CT molecular complexity index is 370.